The van der Waals surface area contributed by atoms with Gasteiger partial charge < -0.3 is 9.73 Å². The van der Waals surface area contributed by atoms with Crippen molar-refractivity contribution < 1.29 is 14.0 Å². The molecule has 1 aliphatic rings. The number of nitrogens with zero attached hydrogens (tertiary/aromatic N) is 1. The molecule has 2 atom stereocenters. The molecule has 1 aliphatic heterocycles. The first-order valence-electron chi connectivity index (χ1n) is 9.25. The van der Waals surface area contributed by atoms with E-state index in [-0.39, 0.29) is 24.3 Å². The van der Waals surface area contributed by atoms with Crippen LogP contribution in [-0.4, -0.2) is 17.9 Å². The Balaban J connectivity index is 1.66. The standard InChI is InChI=1S/C22H20N2O4/c1-14(15-7-3-2-4-8-15)23-22(27)17-11-12-20(25)24(17)18-13-21(26)28-19-10-6-5-9-16(18)19/h2-10,13-14,17H,11-12H2,1H3,(H,23,27)/t14-,17+/m1/s1. The molecule has 28 heavy (non-hydrogen) atoms. The lowest BCUT2D eigenvalue weighted by Crippen LogP contribution is -2.45. The van der Waals surface area contributed by atoms with E-state index in [0.29, 0.717) is 23.1 Å². The van der Waals surface area contributed by atoms with Crippen LogP contribution in [0.3, 0.4) is 0 Å². The Bertz CT molecular complexity index is 1090. The molecule has 0 bridgehead atoms. The van der Waals surface area contributed by atoms with E-state index < -0.39 is 11.7 Å². The number of nitrogens with one attached hydrogen (secondary N) is 1. The minimum absolute atomic E-state index is 0.178. The minimum Gasteiger partial charge on any atom is -0.423 e. The lowest BCUT2D eigenvalue weighted by atomic mass is 10.1. The predicted molar refractivity (Wildman–Crippen MR) is 106 cm³/mol. The van der Waals surface area contributed by atoms with Crippen molar-refractivity contribution in [3.63, 3.8) is 0 Å². The van der Waals surface area contributed by atoms with Gasteiger partial charge in [-0.05, 0) is 31.0 Å². The zero-order valence-electron chi connectivity index (χ0n) is 15.4. The summed E-state index contributed by atoms with van der Waals surface area (Å²) >= 11 is 0. The van der Waals surface area contributed by atoms with Crippen LogP contribution in [0.25, 0.3) is 11.0 Å². The normalized spacial score (nSPS) is 17.7. The number of amides is 2. The Hall–Kier alpha value is -3.41. The molecule has 142 valence electrons. The lowest BCUT2D eigenvalue weighted by Gasteiger charge is -2.26. The third kappa shape index (κ3) is 3.29. The Morgan fingerprint density at radius 3 is 2.61 bits per heavy atom. The molecule has 1 aromatic heterocycles. The average Bonchev–Trinajstić information content (AvgIpc) is 3.09. The average molecular weight is 376 g/mol. The Labute approximate surface area is 161 Å². The van der Waals surface area contributed by atoms with E-state index in [0.717, 1.165) is 5.56 Å². The van der Waals surface area contributed by atoms with Gasteiger partial charge in [-0.3, -0.25) is 14.5 Å². The Kier molecular flexibility index (Phi) is 4.69. The van der Waals surface area contributed by atoms with Crippen molar-refractivity contribution in [3.05, 3.63) is 76.6 Å². The smallest absolute Gasteiger partial charge is 0.338 e. The fourth-order valence-corrected chi connectivity index (χ4v) is 3.66. The highest BCUT2D eigenvalue weighted by molar-refractivity contribution is 6.08. The number of hydrogen-bond donors (Lipinski definition) is 1. The topological polar surface area (TPSA) is 79.6 Å². The second kappa shape index (κ2) is 7.31. The zero-order chi connectivity index (χ0) is 19.7. The molecule has 0 radical (unpaired) electrons. The van der Waals surface area contributed by atoms with E-state index in [1.165, 1.54) is 11.0 Å². The van der Waals surface area contributed by atoms with Crippen LogP contribution in [0.4, 0.5) is 5.69 Å². The number of fused-ring (bicyclic) bond motifs is 1. The maximum atomic E-state index is 13.0. The number of anilines is 1. The lowest BCUT2D eigenvalue weighted by molar-refractivity contribution is -0.124. The summed E-state index contributed by atoms with van der Waals surface area (Å²) in [6, 6.07) is 17.1. The molecule has 0 aliphatic carbocycles. The van der Waals surface area contributed by atoms with Crippen molar-refractivity contribution in [1.82, 2.24) is 5.32 Å². The van der Waals surface area contributed by atoms with Crippen LogP contribution in [0.2, 0.25) is 0 Å². The fraction of sp³-hybridized carbons (Fsp3) is 0.227. The summed E-state index contributed by atoms with van der Waals surface area (Å²) < 4.78 is 5.22. The van der Waals surface area contributed by atoms with Crippen molar-refractivity contribution >= 4 is 28.5 Å². The SMILES string of the molecule is C[C@@H](NC(=O)[C@@H]1CCC(=O)N1c1cc(=O)oc2ccccc12)c1ccccc1. The summed E-state index contributed by atoms with van der Waals surface area (Å²) in [5, 5.41) is 3.62. The molecule has 0 saturated carbocycles. The van der Waals surface area contributed by atoms with Gasteiger partial charge in [-0.15, -0.1) is 0 Å². The largest absolute Gasteiger partial charge is 0.423 e. The maximum Gasteiger partial charge on any atom is 0.338 e. The first kappa shape index (κ1) is 18.0. The first-order chi connectivity index (χ1) is 13.5. The van der Waals surface area contributed by atoms with E-state index in [4.69, 9.17) is 4.42 Å². The fourth-order valence-electron chi connectivity index (χ4n) is 3.66. The number of hydrogen-bond acceptors (Lipinski definition) is 4. The van der Waals surface area contributed by atoms with E-state index in [1.54, 1.807) is 24.3 Å². The van der Waals surface area contributed by atoms with Crippen molar-refractivity contribution in [3.8, 4) is 0 Å². The molecule has 4 rings (SSSR count). The van der Waals surface area contributed by atoms with Gasteiger partial charge in [0, 0.05) is 17.9 Å². The first-order valence-corrected chi connectivity index (χ1v) is 9.25. The van der Waals surface area contributed by atoms with Crippen molar-refractivity contribution in [2.24, 2.45) is 0 Å². The Morgan fingerprint density at radius 2 is 1.82 bits per heavy atom. The second-order valence-electron chi connectivity index (χ2n) is 6.91. The van der Waals surface area contributed by atoms with Crippen LogP contribution < -0.4 is 15.8 Å². The molecule has 1 fully saturated rings. The van der Waals surface area contributed by atoms with Crippen LogP contribution >= 0.6 is 0 Å². The van der Waals surface area contributed by atoms with E-state index in [2.05, 4.69) is 5.32 Å². The molecule has 6 nitrogen and oxygen atoms in total. The quantitative estimate of drug-likeness (QED) is 0.710. The zero-order valence-corrected chi connectivity index (χ0v) is 15.4. The van der Waals surface area contributed by atoms with Gasteiger partial charge in [-0.1, -0.05) is 42.5 Å². The maximum absolute atomic E-state index is 13.0. The third-order valence-electron chi connectivity index (χ3n) is 5.06. The summed E-state index contributed by atoms with van der Waals surface area (Å²) in [7, 11) is 0. The van der Waals surface area contributed by atoms with Crippen molar-refractivity contribution in [2.75, 3.05) is 4.90 Å². The van der Waals surface area contributed by atoms with E-state index >= 15 is 0 Å². The molecule has 2 aromatic carbocycles. The number of benzene rings is 2. The summed E-state index contributed by atoms with van der Waals surface area (Å²) in [4.78, 5) is 39.0. The predicted octanol–water partition coefficient (Wildman–Crippen LogP) is 3.17. The molecular weight excluding hydrogens is 356 g/mol. The van der Waals surface area contributed by atoms with Gasteiger partial charge in [0.05, 0.1) is 11.7 Å². The molecule has 2 heterocycles. The van der Waals surface area contributed by atoms with Crippen molar-refractivity contribution in [2.45, 2.75) is 31.8 Å². The van der Waals surface area contributed by atoms with Gasteiger partial charge in [0.2, 0.25) is 11.8 Å². The minimum atomic E-state index is -0.663. The number of para-hydroxylation sites is 1. The highest BCUT2D eigenvalue weighted by Crippen LogP contribution is 2.32. The highest BCUT2D eigenvalue weighted by Gasteiger charge is 2.38. The molecule has 2 amide bonds. The summed E-state index contributed by atoms with van der Waals surface area (Å²) in [6.07, 6.45) is 0.660. The molecule has 1 N–H and O–H groups in total. The molecule has 1 saturated heterocycles. The van der Waals surface area contributed by atoms with Gasteiger partial charge in [0.1, 0.15) is 11.6 Å². The Morgan fingerprint density at radius 1 is 1.11 bits per heavy atom. The van der Waals surface area contributed by atoms with Crippen LogP contribution in [0.15, 0.2) is 69.9 Å². The molecule has 6 heteroatoms. The van der Waals surface area contributed by atoms with Gasteiger partial charge in [0.25, 0.3) is 0 Å². The molecular formula is C22H20N2O4. The number of carbonyl (C=O) groups is 2. The van der Waals surface area contributed by atoms with Crippen LogP contribution in [0.1, 0.15) is 31.4 Å². The van der Waals surface area contributed by atoms with Crippen LogP contribution in [-0.2, 0) is 9.59 Å². The highest BCUT2D eigenvalue weighted by atomic mass is 16.4. The molecule has 0 spiro atoms. The van der Waals surface area contributed by atoms with Gasteiger partial charge >= 0.3 is 5.63 Å². The molecule has 3 aromatic rings. The molecule has 0 unspecified atom stereocenters. The van der Waals surface area contributed by atoms with Gasteiger partial charge in [-0.2, -0.15) is 0 Å². The number of carbonyl (C=O) groups excluding carboxylic acids is 2. The van der Waals surface area contributed by atoms with Crippen LogP contribution in [0, 0.1) is 0 Å². The third-order valence-corrected chi connectivity index (χ3v) is 5.06. The van der Waals surface area contributed by atoms with E-state index in [9.17, 15) is 14.4 Å². The summed E-state index contributed by atoms with van der Waals surface area (Å²) in [5.41, 5.74) is 1.24. The second-order valence-corrected chi connectivity index (χ2v) is 6.91. The van der Waals surface area contributed by atoms with Gasteiger partial charge in [-0.25, -0.2) is 4.79 Å². The monoisotopic (exact) mass is 376 g/mol. The summed E-state index contributed by atoms with van der Waals surface area (Å²) in [6.45, 7) is 1.90. The van der Waals surface area contributed by atoms with Gasteiger partial charge in [0.15, 0.2) is 0 Å². The number of rotatable bonds is 4. The van der Waals surface area contributed by atoms with Crippen molar-refractivity contribution in [1.29, 1.82) is 0 Å². The summed E-state index contributed by atoms with van der Waals surface area (Å²) in [5.74, 6) is -0.414. The van der Waals surface area contributed by atoms with E-state index in [1.807, 2.05) is 37.3 Å². The van der Waals surface area contributed by atoms with Crippen LogP contribution in [0.5, 0.6) is 0 Å².